The zero-order valence-electron chi connectivity index (χ0n) is 13.5. The van der Waals surface area contributed by atoms with Gasteiger partial charge in [-0.1, -0.05) is 23.2 Å². The van der Waals surface area contributed by atoms with Gasteiger partial charge in [0.1, 0.15) is 4.88 Å². The molecule has 25 heavy (non-hydrogen) atoms. The minimum atomic E-state index is -0.972. The average molecular weight is 399 g/mol. The van der Waals surface area contributed by atoms with Gasteiger partial charge in [0.25, 0.3) is 5.91 Å². The second-order valence-corrected chi connectivity index (χ2v) is 7.77. The molecule has 2 heterocycles. The molecule has 0 fully saturated rings. The zero-order valence-corrected chi connectivity index (χ0v) is 15.8. The Labute approximate surface area is 159 Å². The molecule has 0 aliphatic heterocycles. The van der Waals surface area contributed by atoms with Crippen molar-refractivity contribution in [2.24, 2.45) is 0 Å². The molecule has 0 saturated heterocycles. The summed E-state index contributed by atoms with van der Waals surface area (Å²) in [5.41, 5.74) is 1.22. The molecular weight excluding hydrogens is 383 g/mol. The number of ether oxygens (including phenoxy) is 1. The summed E-state index contributed by atoms with van der Waals surface area (Å²) in [5, 5.41) is 3.11. The van der Waals surface area contributed by atoms with Crippen molar-refractivity contribution < 1.29 is 14.3 Å². The number of fused-ring (bicyclic) bond motifs is 1. The number of aromatic nitrogens is 1. The van der Waals surface area contributed by atoms with Gasteiger partial charge in [0.15, 0.2) is 11.9 Å². The zero-order chi connectivity index (χ0) is 18.0. The largest absolute Gasteiger partial charge is 0.448 e. The van der Waals surface area contributed by atoms with Gasteiger partial charge in [0.2, 0.25) is 0 Å². The Balaban J connectivity index is 1.62. The lowest BCUT2D eigenvalue weighted by Gasteiger charge is -2.13. The van der Waals surface area contributed by atoms with Crippen molar-refractivity contribution in [3.05, 3.63) is 43.7 Å². The van der Waals surface area contributed by atoms with Crippen molar-refractivity contribution in [2.75, 3.05) is 5.32 Å². The van der Waals surface area contributed by atoms with Crippen LogP contribution < -0.4 is 5.32 Å². The number of esters is 1. The molecule has 0 radical (unpaired) electrons. The Morgan fingerprint density at radius 3 is 2.76 bits per heavy atom. The molecule has 3 rings (SSSR count). The van der Waals surface area contributed by atoms with Crippen LogP contribution in [0.15, 0.2) is 18.3 Å². The Bertz CT molecular complexity index is 799. The Kier molecular flexibility index (Phi) is 5.61. The van der Waals surface area contributed by atoms with Crippen LogP contribution in [-0.4, -0.2) is 23.0 Å². The summed E-state index contributed by atoms with van der Waals surface area (Å²) in [6.07, 6.45) is 4.69. The van der Waals surface area contributed by atoms with Crippen LogP contribution in [0.1, 0.15) is 39.9 Å². The lowest BCUT2D eigenvalue weighted by atomic mass is 9.99. The van der Waals surface area contributed by atoms with E-state index < -0.39 is 18.0 Å². The van der Waals surface area contributed by atoms with Crippen LogP contribution in [0.2, 0.25) is 10.0 Å². The Hall–Kier alpha value is -1.63. The molecule has 2 aromatic rings. The topological polar surface area (TPSA) is 68.3 Å². The highest BCUT2D eigenvalue weighted by molar-refractivity contribution is 7.14. The van der Waals surface area contributed by atoms with E-state index in [-0.39, 0.29) is 10.8 Å². The first-order valence-corrected chi connectivity index (χ1v) is 9.46. The molecule has 1 aliphatic carbocycles. The number of carbonyl (C=O) groups excluding carboxylic acids is 2. The number of nitrogens with zero attached hydrogens (tertiary/aromatic N) is 1. The van der Waals surface area contributed by atoms with E-state index in [0.717, 1.165) is 25.7 Å². The summed E-state index contributed by atoms with van der Waals surface area (Å²) in [7, 11) is 0. The lowest BCUT2D eigenvalue weighted by Crippen LogP contribution is -2.30. The Morgan fingerprint density at radius 1 is 1.28 bits per heavy atom. The van der Waals surface area contributed by atoms with Crippen molar-refractivity contribution in [2.45, 2.75) is 38.7 Å². The van der Waals surface area contributed by atoms with Gasteiger partial charge in [0, 0.05) is 11.1 Å². The smallest absolute Gasteiger partial charge is 0.349 e. The normalized spacial score (nSPS) is 14.5. The number of amides is 1. The highest BCUT2D eigenvalue weighted by Crippen LogP contribution is 2.30. The number of hydrogen-bond donors (Lipinski definition) is 1. The van der Waals surface area contributed by atoms with E-state index in [0.29, 0.717) is 9.90 Å². The first kappa shape index (κ1) is 18.2. The fourth-order valence-corrected chi connectivity index (χ4v) is 4.15. The second-order valence-electron chi connectivity index (χ2n) is 5.79. The van der Waals surface area contributed by atoms with Crippen LogP contribution in [0.5, 0.6) is 0 Å². The molecule has 1 atom stereocenters. The number of rotatable bonds is 4. The Morgan fingerprint density at radius 2 is 2.04 bits per heavy atom. The quantitative estimate of drug-likeness (QED) is 0.768. The number of carbonyl (C=O) groups is 2. The van der Waals surface area contributed by atoms with E-state index >= 15 is 0 Å². The monoisotopic (exact) mass is 398 g/mol. The van der Waals surface area contributed by atoms with Gasteiger partial charge in [-0.25, -0.2) is 9.78 Å². The molecule has 132 valence electrons. The third-order valence-corrected chi connectivity index (χ3v) is 5.61. The molecule has 5 nitrogen and oxygen atoms in total. The summed E-state index contributed by atoms with van der Waals surface area (Å²) in [4.78, 5) is 30.2. The molecule has 1 aliphatic rings. The predicted octanol–water partition coefficient (Wildman–Crippen LogP) is 4.51. The number of halogens is 2. The predicted molar refractivity (Wildman–Crippen MR) is 98.7 cm³/mol. The molecule has 2 aromatic heterocycles. The number of pyridine rings is 1. The molecule has 1 unspecified atom stereocenters. The van der Waals surface area contributed by atoms with Crippen molar-refractivity contribution in [1.82, 2.24) is 4.98 Å². The van der Waals surface area contributed by atoms with Crippen LogP contribution in [0, 0.1) is 0 Å². The molecule has 1 N–H and O–H groups in total. The van der Waals surface area contributed by atoms with Gasteiger partial charge in [-0.05, 0) is 50.3 Å². The van der Waals surface area contributed by atoms with Crippen molar-refractivity contribution in [1.29, 1.82) is 0 Å². The molecule has 0 bridgehead atoms. The summed E-state index contributed by atoms with van der Waals surface area (Å²) < 4.78 is 5.27. The van der Waals surface area contributed by atoms with E-state index in [1.54, 1.807) is 0 Å². The molecule has 8 heteroatoms. The maximum absolute atomic E-state index is 12.3. The van der Waals surface area contributed by atoms with E-state index in [1.165, 1.54) is 41.0 Å². The standard InChI is InChI=1S/C17H16Cl2N2O3S/c1-9(16(22)21-15-12(19)7-11(18)8-20-15)24-17(23)14-6-10-4-2-3-5-13(10)25-14/h6-9H,2-5H2,1H3,(H,20,21,22). The first-order valence-electron chi connectivity index (χ1n) is 7.88. The van der Waals surface area contributed by atoms with Crippen molar-refractivity contribution in [3.63, 3.8) is 0 Å². The number of thiophene rings is 1. The number of nitrogens with one attached hydrogen (secondary N) is 1. The van der Waals surface area contributed by atoms with E-state index in [2.05, 4.69) is 10.3 Å². The average Bonchev–Trinajstić information content (AvgIpc) is 3.01. The molecule has 0 spiro atoms. The van der Waals surface area contributed by atoms with E-state index in [1.807, 2.05) is 6.07 Å². The summed E-state index contributed by atoms with van der Waals surface area (Å²) in [5.74, 6) is -0.825. The van der Waals surface area contributed by atoms with Crippen molar-refractivity contribution in [3.8, 4) is 0 Å². The maximum Gasteiger partial charge on any atom is 0.349 e. The van der Waals surface area contributed by atoms with Crippen LogP contribution in [0.3, 0.4) is 0 Å². The van der Waals surface area contributed by atoms with Crippen LogP contribution in [0.4, 0.5) is 5.82 Å². The van der Waals surface area contributed by atoms with Gasteiger partial charge in [0.05, 0.1) is 10.0 Å². The highest BCUT2D eigenvalue weighted by Gasteiger charge is 2.23. The minimum Gasteiger partial charge on any atom is -0.448 e. The van der Waals surface area contributed by atoms with E-state index in [4.69, 9.17) is 27.9 Å². The second kappa shape index (κ2) is 7.72. The molecule has 0 aromatic carbocycles. The maximum atomic E-state index is 12.3. The number of hydrogen-bond acceptors (Lipinski definition) is 5. The lowest BCUT2D eigenvalue weighted by molar-refractivity contribution is -0.123. The number of anilines is 1. The van der Waals surface area contributed by atoms with E-state index in [9.17, 15) is 9.59 Å². The molecule has 0 saturated carbocycles. The van der Waals surface area contributed by atoms with Gasteiger partial charge in [-0.3, -0.25) is 4.79 Å². The van der Waals surface area contributed by atoms with Crippen LogP contribution >= 0.6 is 34.5 Å². The first-order chi connectivity index (χ1) is 11.9. The van der Waals surface area contributed by atoms with Gasteiger partial charge < -0.3 is 10.1 Å². The molecule has 1 amide bonds. The fourth-order valence-electron chi connectivity index (χ4n) is 2.59. The fraction of sp³-hybridized carbons (Fsp3) is 0.353. The summed E-state index contributed by atoms with van der Waals surface area (Å²) in [6.45, 7) is 1.50. The van der Waals surface area contributed by atoms with Gasteiger partial charge in [-0.2, -0.15) is 0 Å². The van der Waals surface area contributed by atoms with Gasteiger partial charge in [-0.15, -0.1) is 11.3 Å². The summed E-state index contributed by atoms with van der Waals surface area (Å²) >= 11 is 13.2. The SMILES string of the molecule is CC(OC(=O)c1cc2c(s1)CCCC2)C(=O)Nc1ncc(Cl)cc1Cl. The summed E-state index contributed by atoms with van der Waals surface area (Å²) in [6, 6.07) is 3.35. The van der Waals surface area contributed by atoms with Crippen LogP contribution in [-0.2, 0) is 22.4 Å². The highest BCUT2D eigenvalue weighted by atomic mass is 35.5. The minimum absolute atomic E-state index is 0.172. The third-order valence-electron chi connectivity index (χ3n) is 3.90. The van der Waals surface area contributed by atoms with Gasteiger partial charge >= 0.3 is 5.97 Å². The molecular formula is C17H16Cl2N2O3S. The van der Waals surface area contributed by atoms with Crippen LogP contribution in [0.25, 0.3) is 0 Å². The van der Waals surface area contributed by atoms with Crippen molar-refractivity contribution >= 4 is 52.2 Å². The number of aryl methyl sites for hydroxylation is 2. The third kappa shape index (κ3) is 4.32.